The zero-order valence-electron chi connectivity index (χ0n) is 12.7. The Balaban J connectivity index is 2.29. The first-order chi connectivity index (χ1) is 11.7. The van der Waals surface area contributed by atoms with Gasteiger partial charge >= 0.3 is 6.18 Å². The van der Waals surface area contributed by atoms with Gasteiger partial charge in [-0.05, 0) is 30.3 Å². The van der Waals surface area contributed by atoms with Gasteiger partial charge in [-0.2, -0.15) is 18.3 Å². The minimum atomic E-state index is -4.67. The standard InChI is InChI=1S/C15H11BrF3N3O3/c1-25-14-5-3-11(16)6-9(14)8-20-21-12-4-2-10(15(17,18)19)7-13(12)22(23)24/h2-8,21H,1H3/b20-8+. The molecule has 2 rings (SSSR count). The van der Waals surface area contributed by atoms with Crippen molar-refractivity contribution in [3.8, 4) is 5.75 Å². The molecule has 0 radical (unpaired) electrons. The number of nitro groups is 1. The third-order valence-corrected chi connectivity index (χ3v) is 3.60. The Kier molecular flexibility index (Phi) is 5.62. The molecule has 0 amide bonds. The van der Waals surface area contributed by atoms with Gasteiger partial charge in [-0.3, -0.25) is 15.5 Å². The van der Waals surface area contributed by atoms with Gasteiger partial charge in [-0.15, -0.1) is 0 Å². The number of ether oxygens (including phenoxy) is 1. The summed E-state index contributed by atoms with van der Waals surface area (Å²) in [6, 6.07) is 7.29. The highest BCUT2D eigenvalue weighted by atomic mass is 79.9. The van der Waals surface area contributed by atoms with Crippen molar-refractivity contribution in [3.05, 3.63) is 62.1 Å². The first-order valence-electron chi connectivity index (χ1n) is 6.70. The molecule has 0 aliphatic carbocycles. The molecule has 0 aliphatic heterocycles. The molecular formula is C15H11BrF3N3O3. The molecule has 0 heterocycles. The average molecular weight is 418 g/mol. The van der Waals surface area contributed by atoms with Crippen molar-refractivity contribution in [1.29, 1.82) is 0 Å². The Morgan fingerprint density at radius 3 is 2.60 bits per heavy atom. The number of benzene rings is 2. The molecule has 2 aromatic carbocycles. The van der Waals surface area contributed by atoms with E-state index in [0.29, 0.717) is 17.4 Å². The normalized spacial score (nSPS) is 11.6. The van der Waals surface area contributed by atoms with E-state index in [9.17, 15) is 23.3 Å². The van der Waals surface area contributed by atoms with Crippen LogP contribution in [0.15, 0.2) is 46.0 Å². The molecule has 0 atom stereocenters. The summed E-state index contributed by atoms with van der Waals surface area (Å²) in [6.07, 6.45) is -3.33. The first kappa shape index (κ1) is 18.7. The Labute approximate surface area is 148 Å². The SMILES string of the molecule is COc1ccc(Br)cc1/C=N/Nc1ccc(C(F)(F)F)cc1[N+](=O)[O-]. The lowest BCUT2D eigenvalue weighted by molar-refractivity contribution is -0.384. The van der Waals surface area contributed by atoms with E-state index < -0.39 is 22.4 Å². The van der Waals surface area contributed by atoms with Crippen LogP contribution in [0.25, 0.3) is 0 Å². The molecule has 2 aromatic rings. The Morgan fingerprint density at radius 1 is 1.28 bits per heavy atom. The summed E-state index contributed by atoms with van der Waals surface area (Å²) < 4.78 is 43.9. The molecule has 25 heavy (non-hydrogen) atoms. The fourth-order valence-corrected chi connectivity index (χ4v) is 2.31. The van der Waals surface area contributed by atoms with Crippen molar-refractivity contribution in [2.45, 2.75) is 6.18 Å². The summed E-state index contributed by atoms with van der Waals surface area (Å²) >= 11 is 3.29. The average Bonchev–Trinajstić information content (AvgIpc) is 2.54. The van der Waals surface area contributed by atoms with Gasteiger partial charge < -0.3 is 4.74 Å². The highest BCUT2D eigenvalue weighted by molar-refractivity contribution is 9.10. The molecule has 0 fully saturated rings. The summed E-state index contributed by atoms with van der Waals surface area (Å²) in [6.45, 7) is 0. The zero-order valence-corrected chi connectivity index (χ0v) is 14.3. The van der Waals surface area contributed by atoms with Gasteiger partial charge in [0.05, 0.1) is 23.8 Å². The molecule has 6 nitrogen and oxygen atoms in total. The lowest BCUT2D eigenvalue weighted by atomic mass is 10.1. The van der Waals surface area contributed by atoms with E-state index in [1.165, 1.54) is 13.3 Å². The molecule has 0 bridgehead atoms. The number of nitro benzene ring substituents is 1. The first-order valence-corrected chi connectivity index (χ1v) is 7.50. The smallest absolute Gasteiger partial charge is 0.416 e. The zero-order chi connectivity index (χ0) is 18.6. The van der Waals surface area contributed by atoms with Gasteiger partial charge in [0.1, 0.15) is 11.4 Å². The number of hydrogen-bond donors (Lipinski definition) is 1. The van der Waals surface area contributed by atoms with Crippen LogP contribution >= 0.6 is 15.9 Å². The molecule has 0 saturated carbocycles. The highest BCUT2D eigenvalue weighted by Crippen LogP contribution is 2.35. The number of hydrazone groups is 1. The van der Waals surface area contributed by atoms with E-state index in [1.807, 2.05) is 0 Å². The minimum Gasteiger partial charge on any atom is -0.496 e. The monoisotopic (exact) mass is 417 g/mol. The molecule has 10 heteroatoms. The molecule has 0 aromatic heterocycles. The minimum absolute atomic E-state index is 0.164. The van der Waals surface area contributed by atoms with Crippen LogP contribution in [-0.2, 0) is 6.18 Å². The molecule has 0 aliphatic rings. The summed E-state index contributed by atoms with van der Waals surface area (Å²) in [5, 5.41) is 14.8. The topological polar surface area (TPSA) is 76.8 Å². The molecule has 0 saturated heterocycles. The van der Waals surface area contributed by atoms with Gasteiger partial charge in [-0.1, -0.05) is 15.9 Å². The third kappa shape index (κ3) is 4.69. The maximum atomic E-state index is 12.7. The van der Waals surface area contributed by atoms with Gasteiger partial charge in [0, 0.05) is 16.1 Å². The maximum absolute atomic E-state index is 12.7. The van der Waals surface area contributed by atoms with E-state index in [0.717, 1.165) is 16.6 Å². The lowest BCUT2D eigenvalue weighted by Crippen LogP contribution is -2.06. The number of methoxy groups -OCH3 is 1. The number of alkyl halides is 3. The van der Waals surface area contributed by atoms with Crippen LogP contribution in [-0.4, -0.2) is 18.2 Å². The van der Waals surface area contributed by atoms with Crippen molar-refractivity contribution in [3.63, 3.8) is 0 Å². The van der Waals surface area contributed by atoms with E-state index in [-0.39, 0.29) is 5.69 Å². The Hall–Kier alpha value is -2.62. The summed E-state index contributed by atoms with van der Waals surface area (Å²) in [5.74, 6) is 0.510. The molecule has 132 valence electrons. The van der Waals surface area contributed by atoms with Gasteiger partial charge in [-0.25, -0.2) is 0 Å². The number of anilines is 1. The second kappa shape index (κ2) is 7.51. The Bertz CT molecular complexity index is 825. The van der Waals surface area contributed by atoms with Crippen LogP contribution in [0.3, 0.4) is 0 Å². The van der Waals surface area contributed by atoms with E-state index in [4.69, 9.17) is 4.74 Å². The van der Waals surface area contributed by atoms with Crippen LogP contribution in [0, 0.1) is 10.1 Å². The fourth-order valence-electron chi connectivity index (χ4n) is 1.93. The fraction of sp³-hybridized carbons (Fsp3) is 0.133. The summed E-state index contributed by atoms with van der Waals surface area (Å²) in [7, 11) is 1.47. The van der Waals surface area contributed by atoms with E-state index >= 15 is 0 Å². The number of rotatable bonds is 5. The van der Waals surface area contributed by atoms with Gasteiger partial charge in [0.15, 0.2) is 0 Å². The number of nitrogens with zero attached hydrogens (tertiary/aromatic N) is 2. The van der Waals surface area contributed by atoms with Crippen molar-refractivity contribution < 1.29 is 22.8 Å². The number of halogens is 4. The second-order valence-electron chi connectivity index (χ2n) is 4.74. The van der Waals surface area contributed by atoms with Crippen molar-refractivity contribution in [2.75, 3.05) is 12.5 Å². The molecule has 0 spiro atoms. The van der Waals surface area contributed by atoms with Gasteiger partial charge in [0.25, 0.3) is 5.69 Å². The van der Waals surface area contributed by atoms with Crippen molar-refractivity contribution in [1.82, 2.24) is 0 Å². The molecule has 0 unspecified atom stereocenters. The second-order valence-corrected chi connectivity index (χ2v) is 5.66. The van der Waals surface area contributed by atoms with Crippen molar-refractivity contribution >= 4 is 33.5 Å². The third-order valence-electron chi connectivity index (χ3n) is 3.10. The number of nitrogens with one attached hydrogen (secondary N) is 1. The van der Waals surface area contributed by atoms with E-state index in [2.05, 4.69) is 26.5 Å². The maximum Gasteiger partial charge on any atom is 0.416 e. The van der Waals surface area contributed by atoms with Crippen LogP contribution in [0.1, 0.15) is 11.1 Å². The van der Waals surface area contributed by atoms with Gasteiger partial charge in [0.2, 0.25) is 0 Å². The predicted molar refractivity (Wildman–Crippen MR) is 90.0 cm³/mol. The number of hydrogen-bond acceptors (Lipinski definition) is 5. The van der Waals surface area contributed by atoms with Crippen LogP contribution in [0.4, 0.5) is 24.5 Å². The molecular weight excluding hydrogens is 407 g/mol. The van der Waals surface area contributed by atoms with Crippen LogP contribution in [0.2, 0.25) is 0 Å². The molecule has 1 N–H and O–H groups in total. The summed E-state index contributed by atoms with van der Waals surface area (Å²) in [4.78, 5) is 10.1. The van der Waals surface area contributed by atoms with Crippen LogP contribution < -0.4 is 10.2 Å². The largest absolute Gasteiger partial charge is 0.496 e. The predicted octanol–water partition coefficient (Wildman–Crippen LogP) is 4.83. The Morgan fingerprint density at radius 2 is 2.00 bits per heavy atom. The highest BCUT2D eigenvalue weighted by Gasteiger charge is 2.33. The summed E-state index contributed by atoms with van der Waals surface area (Å²) in [5.41, 5.74) is 0.949. The van der Waals surface area contributed by atoms with E-state index in [1.54, 1.807) is 18.2 Å². The quantitative estimate of drug-likeness (QED) is 0.429. The van der Waals surface area contributed by atoms with Crippen LogP contribution in [0.5, 0.6) is 5.75 Å². The lowest BCUT2D eigenvalue weighted by Gasteiger charge is -2.08. The van der Waals surface area contributed by atoms with Crippen molar-refractivity contribution in [2.24, 2.45) is 5.10 Å².